The van der Waals surface area contributed by atoms with Gasteiger partial charge in [-0.2, -0.15) is 0 Å². The van der Waals surface area contributed by atoms with Crippen molar-refractivity contribution in [2.75, 3.05) is 0 Å². The Hall–Kier alpha value is -1.97. The van der Waals surface area contributed by atoms with Crippen LogP contribution in [0, 0.1) is 5.92 Å². The van der Waals surface area contributed by atoms with Crippen LogP contribution in [-0.4, -0.2) is 21.1 Å². The largest absolute Gasteiger partial charge is 0.507 e. The number of Topliss-reactive ketones (excluding diaryl/α,β-unsaturated/α-hetero) is 1. The molecular weight excluding hydrogens is 304 g/mol. The van der Waals surface area contributed by atoms with E-state index in [1.54, 1.807) is 0 Å². The molecule has 0 aliphatic rings. The van der Waals surface area contributed by atoms with Crippen LogP contribution < -0.4 is 0 Å². The van der Waals surface area contributed by atoms with Gasteiger partial charge in [-0.15, -0.1) is 0 Å². The van der Waals surface area contributed by atoms with E-state index in [0.717, 1.165) is 25.3 Å². The predicted octanol–water partition coefficient (Wildman–Crippen LogP) is 5.41. The highest BCUT2D eigenvalue weighted by Gasteiger charge is 2.24. The van der Waals surface area contributed by atoms with Crippen molar-refractivity contribution < 1.29 is 20.1 Å². The first-order chi connectivity index (χ1) is 11.3. The smallest absolute Gasteiger partial charge is 0.170 e. The molecule has 0 amide bonds. The summed E-state index contributed by atoms with van der Waals surface area (Å²) in [7, 11) is 0. The molecule has 3 N–H and O–H groups in total. The summed E-state index contributed by atoms with van der Waals surface area (Å²) in [5.74, 6) is -1.34. The number of hydrogen-bond donors (Lipinski definition) is 3. The van der Waals surface area contributed by atoms with Crippen molar-refractivity contribution in [2.24, 2.45) is 5.92 Å². The van der Waals surface area contributed by atoms with Crippen molar-refractivity contribution in [1.29, 1.82) is 0 Å². The van der Waals surface area contributed by atoms with E-state index in [-0.39, 0.29) is 46.5 Å². The molecule has 4 heteroatoms. The highest BCUT2D eigenvalue weighted by atomic mass is 16.3. The van der Waals surface area contributed by atoms with Gasteiger partial charge in [0.1, 0.15) is 22.8 Å². The van der Waals surface area contributed by atoms with Gasteiger partial charge in [0.05, 0.1) is 5.56 Å². The monoisotopic (exact) mass is 334 g/mol. The third-order valence-electron chi connectivity index (χ3n) is 4.31. The number of ketones is 1. The molecule has 0 fully saturated rings. The molecule has 0 heterocycles. The fraction of sp³-hybridized carbons (Fsp3) is 0.550. The molecule has 0 spiro atoms. The fourth-order valence-electron chi connectivity index (χ4n) is 2.71. The van der Waals surface area contributed by atoms with Crippen molar-refractivity contribution >= 4 is 11.4 Å². The standard InChI is InChI=1S/C20H30O4/c1-5-6-7-8-9-10-11-15(21)19-17(23)12-16(22)18(20(19)24)14(4)13(2)3/h12-13,22-24H,4-11H2,1-3H3. The molecular formula is C20H30O4. The normalized spacial score (nSPS) is 11.0. The summed E-state index contributed by atoms with van der Waals surface area (Å²) in [6.45, 7) is 9.78. The van der Waals surface area contributed by atoms with Crippen LogP contribution in [0.5, 0.6) is 17.2 Å². The van der Waals surface area contributed by atoms with Crippen LogP contribution in [-0.2, 0) is 0 Å². The second kappa shape index (κ2) is 9.36. The molecule has 0 aromatic heterocycles. The topological polar surface area (TPSA) is 77.8 Å². The minimum atomic E-state index is -0.388. The van der Waals surface area contributed by atoms with Gasteiger partial charge in [-0.25, -0.2) is 0 Å². The first kappa shape index (κ1) is 20.1. The molecule has 4 nitrogen and oxygen atoms in total. The lowest BCUT2D eigenvalue weighted by Gasteiger charge is -2.17. The molecule has 0 saturated heterocycles. The van der Waals surface area contributed by atoms with Gasteiger partial charge in [0.2, 0.25) is 0 Å². The Morgan fingerprint density at radius 3 is 2.12 bits per heavy atom. The average Bonchev–Trinajstić information content (AvgIpc) is 2.49. The van der Waals surface area contributed by atoms with E-state index >= 15 is 0 Å². The van der Waals surface area contributed by atoms with Crippen molar-refractivity contribution in [3.05, 3.63) is 23.8 Å². The highest BCUT2D eigenvalue weighted by Crippen LogP contribution is 2.43. The molecule has 0 radical (unpaired) electrons. The highest BCUT2D eigenvalue weighted by molar-refractivity contribution is 6.03. The molecule has 134 valence electrons. The number of phenols is 3. The lowest BCUT2D eigenvalue weighted by Crippen LogP contribution is -2.03. The third-order valence-corrected chi connectivity index (χ3v) is 4.31. The number of benzene rings is 1. The van der Waals surface area contributed by atoms with Gasteiger partial charge in [0, 0.05) is 12.5 Å². The zero-order valence-electron chi connectivity index (χ0n) is 15.1. The van der Waals surface area contributed by atoms with Gasteiger partial charge in [-0.3, -0.25) is 4.79 Å². The Kier molecular flexibility index (Phi) is 7.83. The van der Waals surface area contributed by atoms with Crippen LogP contribution in [0.15, 0.2) is 12.6 Å². The zero-order chi connectivity index (χ0) is 18.3. The van der Waals surface area contributed by atoms with Crippen LogP contribution in [0.3, 0.4) is 0 Å². The van der Waals surface area contributed by atoms with E-state index in [4.69, 9.17) is 0 Å². The van der Waals surface area contributed by atoms with Crippen molar-refractivity contribution in [3.8, 4) is 17.2 Å². The van der Waals surface area contributed by atoms with Crippen LogP contribution >= 0.6 is 0 Å². The fourth-order valence-corrected chi connectivity index (χ4v) is 2.71. The second-order valence-electron chi connectivity index (χ2n) is 6.63. The first-order valence-corrected chi connectivity index (χ1v) is 8.81. The zero-order valence-corrected chi connectivity index (χ0v) is 15.1. The molecule has 1 rings (SSSR count). The number of carbonyl (C=O) groups is 1. The van der Waals surface area contributed by atoms with Gasteiger partial charge in [-0.05, 0) is 17.9 Å². The van der Waals surface area contributed by atoms with E-state index in [2.05, 4.69) is 13.5 Å². The predicted molar refractivity (Wildman–Crippen MR) is 97.6 cm³/mol. The van der Waals surface area contributed by atoms with Crippen LogP contribution in [0.4, 0.5) is 0 Å². The van der Waals surface area contributed by atoms with E-state index < -0.39 is 0 Å². The number of phenolic OH excluding ortho intramolecular Hbond substituents is 3. The maximum atomic E-state index is 12.4. The molecule has 0 unspecified atom stereocenters. The molecule has 1 aromatic carbocycles. The summed E-state index contributed by atoms with van der Waals surface area (Å²) < 4.78 is 0. The molecule has 1 aromatic rings. The van der Waals surface area contributed by atoms with E-state index in [1.807, 2.05) is 13.8 Å². The molecule has 0 bridgehead atoms. The Morgan fingerprint density at radius 1 is 1.00 bits per heavy atom. The van der Waals surface area contributed by atoms with Crippen molar-refractivity contribution in [2.45, 2.75) is 65.7 Å². The number of hydrogen-bond acceptors (Lipinski definition) is 4. The van der Waals surface area contributed by atoms with Crippen LogP contribution in [0.2, 0.25) is 0 Å². The summed E-state index contributed by atoms with van der Waals surface area (Å²) in [4.78, 5) is 12.4. The quantitative estimate of drug-likeness (QED) is 0.395. The lowest BCUT2D eigenvalue weighted by molar-refractivity contribution is 0.0973. The minimum absolute atomic E-state index is 0.00661. The van der Waals surface area contributed by atoms with Crippen LogP contribution in [0.25, 0.3) is 5.57 Å². The van der Waals surface area contributed by atoms with Crippen LogP contribution in [0.1, 0.15) is 81.6 Å². The Bertz CT molecular complexity index is 588. The number of allylic oxidation sites excluding steroid dienone is 1. The van der Waals surface area contributed by atoms with Crippen molar-refractivity contribution in [1.82, 2.24) is 0 Å². The molecule has 24 heavy (non-hydrogen) atoms. The van der Waals surface area contributed by atoms with E-state index in [0.29, 0.717) is 5.57 Å². The number of rotatable bonds is 10. The summed E-state index contributed by atoms with van der Waals surface area (Å²) in [6.07, 6.45) is 6.58. The van der Waals surface area contributed by atoms with E-state index in [1.165, 1.54) is 19.3 Å². The minimum Gasteiger partial charge on any atom is -0.507 e. The lowest BCUT2D eigenvalue weighted by atomic mass is 9.91. The van der Waals surface area contributed by atoms with Crippen molar-refractivity contribution in [3.63, 3.8) is 0 Å². The maximum Gasteiger partial charge on any atom is 0.170 e. The van der Waals surface area contributed by atoms with Gasteiger partial charge in [0.25, 0.3) is 0 Å². The second-order valence-corrected chi connectivity index (χ2v) is 6.63. The summed E-state index contributed by atoms with van der Waals surface area (Å²) in [5.41, 5.74) is 0.561. The van der Waals surface area contributed by atoms with Gasteiger partial charge in [0.15, 0.2) is 5.78 Å². The van der Waals surface area contributed by atoms with Gasteiger partial charge in [-0.1, -0.05) is 59.5 Å². The number of aromatic hydroxyl groups is 3. The summed E-state index contributed by atoms with van der Waals surface area (Å²) in [5, 5.41) is 30.4. The number of unbranched alkanes of at least 4 members (excludes halogenated alkanes) is 5. The molecule has 0 saturated carbocycles. The Morgan fingerprint density at radius 2 is 1.54 bits per heavy atom. The first-order valence-electron chi connectivity index (χ1n) is 8.81. The molecule has 0 aliphatic heterocycles. The number of carbonyl (C=O) groups excluding carboxylic acids is 1. The molecule has 0 aliphatic carbocycles. The van der Waals surface area contributed by atoms with E-state index in [9.17, 15) is 20.1 Å². The summed E-state index contributed by atoms with van der Waals surface area (Å²) in [6, 6.07) is 1.11. The van der Waals surface area contributed by atoms with Gasteiger partial charge < -0.3 is 15.3 Å². The Balaban J connectivity index is 2.89. The Labute approximate surface area is 144 Å². The third kappa shape index (κ3) is 5.02. The molecule has 0 atom stereocenters. The maximum absolute atomic E-state index is 12.4. The summed E-state index contributed by atoms with van der Waals surface area (Å²) >= 11 is 0. The average molecular weight is 334 g/mol. The van der Waals surface area contributed by atoms with Gasteiger partial charge >= 0.3 is 0 Å². The SMILES string of the molecule is C=C(c1c(O)cc(O)c(C(=O)CCCCCCCC)c1O)C(C)C.